The zero-order valence-electron chi connectivity index (χ0n) is 17.8. The van der Waals surface area contributed by atoms with Crippen molar-refractivity contribution in [2.75, 3.05) is 30.5 Å². The molecule has 2 aromatic rings. The first kappa shape index (κ1) is 24.6. The second-order valence-corrected chi connectivity index (χ2v) is 12.2. The summed E-state index contributed by atoms with van der Waals surface area (Å²) in [6.07, 6.45) is -1.84. The maximum absolute atomic E-state index is 15.0. The van der Waals surface area contributed by atoms with Crippen LogP contribution in [0.25, 0.3) is 11.2 Å². The second-order valence-electron chi connectivity index (χ2n) is 8.21. The quantitative estimate of drug-likeness (QED) is 0.390. The number of aromatic nitrogens is 4. The van der Waals surface area contributed by atoms with Crippen molar-refractivity contribution in [3.8, 4) is 0 Å². The molecule has 16 heteroatoms. The smallest absolute Gasteiger partial charge is 0.340 e. The Labute approximate surface area is 188 Å². The summed E-state index contributed by atoms with van der Waals surface area (Å²) in [5, 5.41) is 10.3. The van der Waals surface area contributed by atoms with Crippen LogP contribution in [0.1, 0.15) is 31.3 Å². The number of imidazole rings is 1. The lowest BCUT2D eigenvalue weighted by molar-refractivity contribution is -0.0425. The predicted octanol–water partition coefficient (Wildman–Crippen LogP) is 1.06. The van der Waals surface area contributed by atoms with Gasteiger partial charge >= 0.3 is 15.2 Å². The third kappa shape index (κ3) is 5.44. The van der Waals surface area contributed by atoms with Gasteiger partial charge in [-0.3, -0.25) is 13.7 Å². The van der Waals surface area contributed by atoms with Crippen LogP contribution in [0.2, 0.25) is 0 Å². The molecular weight excluding hydrogens is 483 g/mol. The van der Waals surface area contributed by atoms with Gasteiger partial charge in [-0.1, -0.05) is 0 Å². The molecule has 0 saturated carbocycles. The van der Waals surface area contributed by atoms with Crippen LogP contribution in [-0.2, 0) is 18.4 Å². The standard InChI is InChI=1S/C17H26FN5O8P2/c1-10-20-15(22-5-3-2-4-6-22)13-16(21-10)23(8-19-13)17-12(18)14(24)11(31-17)7-30-33(28,29)9-32(25,26)27/h8,11-12,14,17,24H,2-7,9H2,1H3,(H,28,29)(H2,25,26,27)/t11-,12+,14-,17-/m1/s1. The van der Waals surface area contributed by atoms with Crippen LogP contribution in [-0.4, -0.2) is 83.3 Å². The highest BCUT2D eigenvalue weighted by molar-refractivity contribution is 7.70. The van der Waals surface area contributed by atoms with E-state index < -0.39 is 52.3 Å². The lowest BCUT2D eigenvalue weighted by atomic mass is 10.1. The Kier molecular flexibility index (Phi) is 6.92. The molecule has 2 fully saturated rings. The minimum atomic E-state index is -4.82. The van der Waals surface area contributed by atoms with E-state index in [1.165, 1.54) is 10.9 Å². The molecular formula is C17H26FN5O8P2. The van der Waals surface area contributed by atoms with Crippen molar-refractivity contribution in [3.05, 3.63) is 12.2 Å². The number of hydrogen-bond acceptors (Lipinski definition) is 9. The molecule has 0 bridgehead atoms. The van der Waals surface area contributed by atoms with Gasteiger partial charge in [-0.15, -0.1) is 0 Å². The van der Waals surface area contributed by atoms with Crippen molar-refractivity contribution in [1.29, 1.82) is 0 Å². The number of fused-ring (bicyclic) bond motifs is 1. The number of aryl methyl sites for hydroxylation is 1. The van der Waals surface area contributed by atoms with Crippen molar-refractivity contribution in [1.82, 2.24) is 19.5 Å². The summed E-state index contributed by atoms with van der Waals surface area (Å²) in [4.78, 5) is 42.7. The average molecular weight is 509 g/mol. The fourth-order valence-corrected chi connectivity index (χ4v) is 6.62. The molecule has 5 atom stereocenters. The van der Waals surface area contributed by atoms with Crippen molar-refractivity contribution in [2.24, 2.45) is 0 Å². The fourth-order valence-electron chi connectivity index (χ4n) is 4.05. The lowest BCUT2D eigenvalue weighted by Gasteiger charge is -2.28. The number of halogens is 1. The SMILES string of the molecule is Cc1nc(N2CCCCC2)c2ncn([C@@H]3O[C@H](COP(=O)(O)CP(=O)(O)O)[C@@H](O)[C@@H]3F)c2n1. The van der Waals surface area contributed by atoms with Gasteiger partial charge in [0.2, 0.25) is 0 Å². The number of hydrogen-bond donors (Lipinski definition) is 4. The molecule has 0 aromatic carbocycles. The molecule has 4 N–H and O–H groups in total. The van der Waals surface area contributed by atoms with Crippen LogP contribution in [0.5, 0.6) is 0 Å². The topological polar surface area (TPSA) is 180 Å². The molecule has 0 amide bonds. The number of nitrogens with zero attached hydrogens (tertiary/aromatic N) is 5. The van der Waals surface area contributed by atoms with E-state index in [-0.39, 0.29) is 0 Å². The molecule has 4 rings (SSSR count). The minimum absolute atomic E-state index is 0.318. The van der Waals surface area contributed by atoms with E-state index in [0.717, 1.165) is 32.4 Å². The first-order valence-electron chi connectivity index (χ1n) is 10.4. The van der Waals surface area contributed by atoms with Crippen molar-refractivity contribution >= 4 is 32.2 Å². The van der Waals surface area contributed by atoms with Gasteiger partial charge in [-0.05, 0) is 26.2 Å². The highest BCUT2D eigenvalue weighted by Gasteiger charge is 2.47. The highest BCUT2D eigenvalue weighted by Crippen LogP contribution is 2.55. The summed E-state index contributed by atoms with van der Waals surface area (Å²) in [5.74, 6) is -0.298. The maximum Gasteiger partial charge on any atom is 0.340 e. The molecule has 0 aliphatic carbocycles. The molecule has 2 aliphatic rings. The Morgan fingerprint density at radius 3 is 2.58 bits per heavy atom. The van der Waals surface area contributed by atoms with Crippen LogP contribution in [0.15, 0.2) is 6.33 Å². The van der Waals surface area contributed by atoms with E-state index in [1.54, 1.807) is 6.92 Å². The average Bonchev–Trinajstić information content (AvgIpc) is 3.26. The second kappa shape index (κ2) is 9.27. The Morgan fingerprint density at radius 1 is 1.21 bits per heavy atom. The number of alkyl halides is 1. The zero-order valence-corrected chi connectivity index (χ0v) is 19.6. The van der Waals surface area contributed by atoms with Crippen LogP contribution < -0.4 is 4.90 Å². The molecule has 2 saturated heterocycles. The summed E-state index contributed by atoms with van der Waals surface area (Å²) in [6, 6.07) is 0. The minimum Gasteiger partial charge on any atom is -0.387 e. The molecule has 0 spiro atoms. The summed E-state index contributed by atoms with van der Waals surface area (Å²) >= 11 is 0. The van der Waals surface area contributed by atoms with Crippen molar-refractivity contribution in [3.63, 3.8) is 0 Å². The van der Waals surface area contributed by atoms with Crippen LogP contribution >= 0.6 is 15.2 Å². The van der Waals surface area contributed by atoms with E-state index in [0.29, 0.717) is 22.8 Å². The lowest BCUT2D eigenvalue weighted by Crippen LogP contribution is -2.31. The van der Waals surface area contributed by atoms with Crippen LogP contribution in [0, 0.1) is 6.92 Å². The zero-order chi connectivity index (χ0) is 24.0. The molecule has 13 nitrogen and oxygen atoms in total. The van der Waals surface area contributed by atoms with E-state index in [1.807, 2.05) is 0 Å². The Hall–Kier alpha value is -1.50. The van der Waals surface area contributed by atoms with Crippen LogP contribution in [0.4, 0.5) is 10.2 Å². The normalized spacial score (nSPS) is 28.4. The van der Waals surface area contributed by atoms with E-state index in [9.17, 15) is 23.5 Å². The Bertz CT molecular complexity index is 1110. The number of rotatable bonds is 7. The third-order valence-electron chi connectivity index (χ3n) is 5.54. The Balaban J connectivity index is 1.55. The Morgan fingerprint density at radius 2 is 1.91 bits per heavy atom. The third-order valence-corrected chi connectivity index (χ3v) is 9.00. The molecule has 4 heterocycles. The number of ether oxygens (including phenoxy) is 1. The van der Waals surface area contributed by atoms with Gasteiger partial charge in [0.15, 0.2) is 35.3 Å². The molecule has 2 aliphatic heterocycles. The number of piperidine rings is 1. The monoisotopic (exact) mass is 509 g/mol. The molecule has 0 radical (unpaired) electrons. The van der Waals surface area contributed by atoms with E-state index in [4.69, 9.17) is 14.5 Å². The van der Waals surface area contributed by atoms with Gasteiger partial charge < -0.3 is 33.9 Å². The molecule has 33 heavy (non-hydrogen) atoms. The van der Waals surface area contributed by atoms with Crippen molar-refractivity contribution in [2.45, 2.75) is 50.8 Å². The summed E-state index contributed by atoms with van der Waals surface area (Å²) < 4.78 is 49.4. The molecule has 1 unspecified atom stereocenters. The van der Waals surface area contributed by atoms with E-state index >= 15 is 0 Å². The molecule has 2 aromatic heterocycles. The molecule has 184 valence electrons. The number of aliphatic hydroxyl groups is 1. The fraction of sp³-hybridized carbons (Fsp3) is 0.706. The largest absolute Gasteiger partial charge is 0.387 e. The van der Waals surface area contributed by atoms with Gasteiger partial charge in [0.1, 0.15) is 18.0 Å². The van der Waals surface area contributed by atoms with E-state index in [2.05, 4.69) is 24.4 Å². The first-order chi connectivity index (χ1) is 15.5. The summed E-state index contributed by atoms with van der Waals surface area (Å²) in [6.45, 7) is 2.60. The maximum atomic E-state index is 15.0. The van der Waals surface area contributed by atoms with Gasteiger partial charge in [0, 0.05) is 13.1 Å². The number of aliphatic hydroxyl groups excluding tert-OH is 1. The highest BCUT2D eigenvalue weighted by atomic mass is 31.2. The predicted molar refractivity (Wildman–Crippen MR) is 114 cm³/mol. The van der Waals surface area contributed by atoms with Gasteiger partial charge in [0.05, 0.1) is 12.9 Å². The van der Waals surface area contributed by atoms with Gasteiger partial charge in [-0.2, -0.15) is 0 Å². The summed E-state index contributed by atoms with van der Waals surface area (Å²) in [7, 11) is -9.51. The van der Waals surface area contributed by atoms with Crippen LogP contribution in [0.3, 0.4) is 0 Å². The first-order valence-corrected chi connectivity index (χ1v) is 14.0. The van der Waals surface area contributed by atoms with Crippen molar-refractivity contribution < 1.29 is 42.6 Å². The number of anilines is 1. The van der Waals surface area contributed by atoms with Gasteiger partial charge in [-0.25, -0.2) is 19.3 Å². The summed E-state index contributed by atoms with van der Waals surface area (Å²) in [5.41, 5.74) is 0.785. The van der Waals surface area contributed by atoms with Gasteiger partial charge in [0.25, 0.3) is 0 Å².